The Balaban J connectivity index is 1.86. The van der Waals surface area contributed by atoms with E-state index in [9.17, 15) is 8.78 Å². The molecule has 3 aromatic carbocycles. The van der Waals surface area contributed by atoms with E-state index in [1.54, 1.807) is 0 Å². The van der Waals surface area contributed by atoms with Gasteiger partial charge in [0.2, 0.25) is 0 Å². The molecule has 2 N–H and O–H groups in total. The minimum absolute atomic E-state index is 0.298. The molecular weight excluding hydrogens is 382 g/mol. The van der Waals surface area contributed by atoms with Gasteiger partial charge in [-0.05, 0) is 29.7 Å². The maximum Gasteiger partial charge on any atom is 0.345 e. The zero-order valence-corrected chi connectivity index (χ0v) is 16.7. The number of halogens is 2. The lowest BCUT2D eigenvalue weighted by atomic mass is 9.76. The van der Waals surface area contributed by atoms with E-state index >= 15 is 0 Å². The van der Waals surface area contributed by atoms with E-state index in [-0.39, 0.29) is 6.04 Å². The molecule has 5 heteroatoms. The second kappa shape index (κ2) is 9.47. The van der Waals surface area contributed by atoms with Gasteiger partial charge in [-0.2, -0.15) is 8.78 Å². The first kappa shape index (κ1) is 20.7. The van der Waals surface area contributed by atoms with E-state index in [2.05, 4.69) is 47.0 Å². The second-order valence-corrected chi connectivity index (χ2v) is 7.53. The van der Waals surface area contributed by atoms with E-state index < -0.39 is 18.3 Å². The van der Waals surface area contributed by atoms with E-state index in [1.165, 1.54) is 0 Å². The van der Waals surface area contributed by atoms with Gasteiger partial charge in [0.15, 0.2) is 0 Å². The van der Waals surface area contributed by atoms with Crippen molar-refractivity contribution in [2.45, 2.75) is 30.7 Å². The maximum absolute atomic E-state index is 13.1. The quantitative estimate of drug-likeness (QED) is 0.563. The van der Waals surface area contributed by atoms with Crippen LogP contribution in [-0.2, 0) is 10.3 Å². The molecule has 0 aliphatic carbocycles. The fraction of sp³-hybridized carbons (Fsp3) is 0.280. The third-order valence-electron chi connectivity index (χ3n) is 5.72. The van der Waals surface area contributed by atoms with Crippen molar-refractivity contribution in [1.82, 2.24) is 10.6 Å². The molecule has 0 bridgehead atoms. The second-order valence-electron chi connectivity index (χ2n) is 7.53. The Morgan fingerprint density at radius 1 is 0.800 bits per heavy atom. The van der Waals surface area contributed by atoms with Crippen molar-refractivity contribution >= 4 is 0 Å². The summed E-state index contributed by atoms with van der Waals surface area (Å²) < 4.78 is 31.3. The average Bonchev–Trinajstić information content (AvgIpc) is 2.80. The standard InChI is InChI=1S/C25H26F2N2O/c26-24(27)30-23-16-17-28-18-22(23)29-25(19-10-4-1-5-11-19,20-12-6-2-7-13-20)21-14-8-3-9-15-21/h1-15,22-24,28-29H,16-18H2. The minimum atomic E-state index is -2.79. The molecule has 156 valence electrons. The Morgan fingerprint density at radius 2 is 1.27 bits per heavy atom. The van der Waals surface area contributed by atoms with Gasteiger partial charge in [0, 0.05) is 12.6 Å². The normalized spacial score (nSPS) is 19.7. The molecule has 1 aliphatic heterocycles. The van der Waals surface area contributed by atoms with Crippen LogP contribution in [0.15, 0.2) is 91.0 Å². The van der Waals surface area contributed by atoms with Crippen molar-refractivity contribution in [2.75, 3.05) is 13.1 Å². The molecule has 1 fully saturated rings. The molecule has 0 spiro atoms. The summed E-state index contributed by atoms with van der Waals surface area (Å²) >= 11 is 0. The van der Waals surface area contributed by atoms with Crippen LogP contribution < -0.4 is 10.6 Å². The summed E-state index contributed by atoms with van der Waals surface area (Å²) in [4.78, 5) is 0. The minimum Gasteiger partial charge on any atom is -0.318 e. The molecular formula is C25H26F2N2O. The van der Waals surface area contributed by atoms with E-state index in [0.717, 1.165) is 16.7 Å². The van der Waals surface area contributed by atoms with Crippen LogP contribution in [0.3, 0.4) is 0 Å². The Kier molecular flexibility index (Phi) is 6.53. The van der Waals surface area contributed by atoms with Crippen LogP contribution in [0.1, 0.15) is 23.1 Å². The summed E-state index contributed by atoms with van der Waals surface area (Å²) in [5, 5.41) is 7.08. The zero-order chi connectivity index (χ0) is 20.8. The number of hydrogen-bond acceptors (Lipinski definition) is 3. The smallest absolute Gasteiger partial charge is 0.318 e. The van der Waals surface area contributed by atoms with Crippen LogP contribution in [0.4, 0.5) is 8.78 Å². The molecule has 1 aliphatic rings. The predicted octanol–water partition coefficient (Wildman–Crippen LogP) is 4.54. The topological polar surface area (TPSA) is 33.3 Å². The lowest BCUT2D eigenvalue weighted by Gasteiger charge is -2.43. The van der Waals surface area contributed by atoms with Gasteiger partial charge in [0.05, 0.1) is 11.6 Å². The van der Waals surface area contributed by atoms with Gasteiger partial charge in [-0.1, -0.05) is 91.0 Å². The lowest BCUT2D eigenvalue weighted by molar-refractivity contribution is -0.175. The lowest BCUT2D eigenvalue weighted by Crippen LogP contribution is -2.60. The molecule has 1 saturated heterocycles. The van der Waals surface area contributed by atoms with Crippen LogP contribution in [0, 0.1) is 0 Å². The van der Waals surface area contributed by atoms with Crippen molar-refractivity contribution in [1.29, 1.82) is 0 Å². The Labute approximate surface area is 176 Å². The fourth-order valence-electron chi connectivity index (χ4n) is 4.37. The SMILES string of the molecule is FC(F)OC1CCNCC1NC(c1ccccc1)(c1ccccc1)c1ccccc1. The summed E-state index contributed by atoms with van der Waals surface area (Å²) in [6, 6.07) is 30.1. The Bertz CT molecular complexity index is 810. The number of ether oxygens (including phenoxy) is 1. The third kappa shape index (κ3) is 4.29. The third-order valence-corrected chi connectivity index (χ3v) is 5.72. The van der Waals surface area contributed by atoms with Gasteiger partial charge in [0.25, 0.3) is 0 Å². The van der Waals surface area contributed by atoms with Crippen molar-refractivity contribution in [3.63, 3.8) is 0 Å². The average molecular weight is 408 g/mol. The van der Waals surface area contributed by atoms with Gasteiger partial charge in [-0.3, -0.25) is 5.32 Å². The molecule has 30 heavy (non-hydrogen) atoms. The highest BCUT2D eigenvalue weighted by Crippen LogP contribution is 2.38. The molecule has 3 aromatic rings. The van der Waals surface area contributed by atoms with Crippen LogP contribution in [0.5, 0.6) is 0 Å². The number of rotatable bonds is 7. The van der Waals surface area contributed by atoms with Gasteiger partial charge >= 0.3 is 6.61 Å². The van der Waals surface area contributed by atoms with E-state index in [0.29, 0.717) is 19.5 Å². The number of alkyl halides is 2. The molecule has 0 radical (unpaired) electrons. The molecule has 3 nitrogen and oxygen atoms in total. The molecule has 2 atom stereocenters. The Hall–Kier alpha value is -2.60. The highest BCUT2D eigenvalue weighted by molar-refractivity contribution is 5.49. The molecule has 2 unspecified atom stereocenters. The van der Waals surface area contributed by atoms with Crippen LogP contribution in [0.25, 0.3) is 0 Å². The summed E-state index contributed by atoms with van der Waals surface area (Å²) in [6.07, 6.45) is -0.0574. The van der Waals surface area contributed by atoms with Crippen molar-refractivity contribution in [2.24, 2.45) is 0 Å². The number of benzene rings is 3. The fourth-order valence-corrected chi connectivity index (χ4v) is 4.37. The van der Waals surface area contributed by atoms with Gasteiger partial charge in [0.1, 0.15) is 0 Å². The summed E-state index contributed by atoms with van der Waals surface area (Å²) in [7, 11) is 0. The van der Waals surface area contributed by atoms with Gasteiger partial charge in [-0.15, -0.1) is 0 Å². The first-order valence-corrected chi connectivity index (χ1v) is 10.3. The monoisotopic (exact) mass is 408 g/mol. The van der Waals surface area contributed by atoms with E-state index in [4.69, 9.17) is 4.74 Å². The maximum atomic E-state index is 13.1. The highest BCUT2D eigenvalue weighted by Gasteiger charge is 2.41. The molecule has 1 heterocycles. The molecule has 0 saturated carbocycles. The van der Waals surface area contributed by atoms with Gasteiger partial charge < -0.3 is 10.1 Å². The van der Waals surface area contributed by atoms with Crippen molar-refractivity contribution in [3.8, 4) is 0 Å². The van der Waals surface area contributed by atoms with Crippen molar-refractivity contribution < 1.29 is 13.5 Å². The first-order chi connectivity index (χ1) is 14.7. The Morgan fingerprint density at radius 3 is 1.70 bits per heavy atom. The summed E-state index contributed by atoms with van der Waals surface area (Å²) in [5.41, 5.74) is 2.42. The predicted molar refractivity (Wildman–Crippen MR) is 114 cm³/mol. The van der Waals surface area contributed by atoms with Gasteiger partial charge in [-0.25, -0.2) is 0 Å². The van der Waals surface area contributed by atoms with Crippen LogP contribution in [-0.4, -0.2) is 31.8 Å². The molecule has 0 aromatic heterocycles. The summed E-state index contributed by atoms with van der Waals surface area (Å²) in [6.45, 7) is -1.59. The number of hydrogen-bond donors (Lipinski definition) is 2. The summed E-state index contributed by atoms with van der Waals surface area (Å²) in [5.74, 6) is 0. The van der Waals surface area contributed by atoms with Crippen molar-refractivity contribution in [3.05, 3.63) is 108 Å². The largest absolute Gasteiger partial charge is 0.345 e. The molecule has 0 amide bonds. The zero-order valence-electron chi connectivity index (χ0n) is 16.7. The first-order valence-electron chi connectivity index (χ1n) is 10.3. The highest BCUT2D eigenvalue weighted by atomic mass is 19.3. The number of piperidine rings is 1. The molecule has 4 rings (SSSR count). The number of nitrogens with one attached hydrogen (secondary N) is 2. The van der Waals surface area contributed by atoms with Crippen LogP contribution in [0.2, 0.25) is 0 Å². The van der Waals surface area contributed by atoms with Crippen LogP contribution >= 0.6 is 0 Å². The van der Waals surface area contributed by atoms with E-state index in [1.807, 2.05) is 54.6 Å².